The quantitative estimate of drug-likeness (QED) is 0.764. The Bertz CT molecular complexity index is 1030. The van der Waals surface area contributed by atoms with Crippen LogP contribution in [0.5, 0.6) is 5.75 Å². The Morgan fingerprint density at radius 3 is 2.54 bits per heavy atom. The van der Waals surface area contributed by atoms with Crippen LogP contribution in [0.25, 0.3) is 11.1 Å². The molecule has 0 radical (unpaired) electrons. The third-order valence-electron chi connectivity index (χ3n) is 3.49. The van der Waals surface area contributed by atoms with Crippen molar-refractivity contribution in [2.24, 2.45) is 7.05 Å². The number of hydrogen-bond acceptors (Lipinski definition) is 5. The predicted octanol–water partition coefficient (Wildman–Crippen LogP) is 2.33. The van der Waals surface area contributed by atoms with Crippen LogP contribution >= 0.6 is 0 Å². The fraction of sp³-hybridized carbons (Fsp3) is 0.188. The zero-order valence-corrected chi connectivity index (χ0v) is 14.0. The zero-order valence-electron chi connectivity index (χ0n) is 13.1. The van der Waals surface area contributed by atoms with Gasteiger partial charge in [0.15, 0.2) is 5.58 Å². The summed E-state index contributed by atoms with van der Waals surface area (Å²) in [5, 5.41) is 0. The van der Waals surface area contributed by atoms with E-state index in [1.165, 1.54) is 22.8 Å². The standard InChI is InChI=1S/C16H16N2O5S/c1-3-22-12-5-7-13(8-6-12)24(20,21)17-11-4-9-14-15(10-11)23-16(19)18(14)2/h4-10,17H,3H2,1-2H3. The fourth-order valence-electron chi connectivity index (χ4n) is 2.29. The summed E-state index contributed by atoms with van der Waals surface area (Å²) >= 11 is 0. The molecule has 126 valence electrons. The maximum atomic E-state index is 12.4. The van der Waals surface area contributed by atoms with Crippen LogP contribution in [-0.2, 0) is 17.1 Å². The number of nitrogens with one attached hydrogen (secondary N) is 1. The third kappa shape index (κ3) is 3.00. The van der Waals surface area contributed by atoms with E-state index in [-0.39, 0.29) is 4.90 Å². The zero-order chi connectivity index (χ0) is 17.3. The summed E-state index contributed by atoms with van der Waals surface area (Å²) in [5.74, 6) is 0.0976. The van der Waals surface area contributed by atoms with Gasteiger partial charge in [-0.15, -0.1) is 0 Å². The van der Waals surface area contributed by atoms with Gasteiger partial charge in [0.25, 0.3) is 10.0 Å². The molecule has 0 amide bonds. The van der Waals surface area contributed by atoms with E-state index < -0.39 is 15.8 Å². The lowest BCUT2D eigenvalue weighted by Gasteiger charge is -2.09. The maximum absolute atomic E-state index is 12.4. The first-order valence-corrected chi connectivity index (χ1v) is 8.74. The van der Waals surface area contributed by atoms with E-state index in [0.29, 0.717) is 29.1 Å². The first kappa shape index (κ1) is 16.1. The highest BCUT2D eigenvalue weighted by Crippen LogP contribution is 2.22. The van der Waals surface area contributed by atoms with Crippen LogP contribution in [0.1, 0.15) is 6.92 Å². The molecule has 2 aromatic carbocycles. The Labute approximate surface area is 138 Å². The van der Waals surface area contributed by atoms with E-state index in [1.807, 2.05) is 6.92 Å². The van der Waals surface area contributed by atoms with E-state index in [2.05, 4.69) is 4.72 Å². The highest BCUT2D eigenvalue weighted by atomic mass is 32.2. The molecular formula is C16H16N2O5S. The van der Waals surface area contributed by atoms with Crippen molar-refractivity contribution in [1.82, 2.24) is 4.57 Å². The SMILES string of the molecule is CCOc1ccc(S(=O)(=O)Nc2ccc3c(c2)oc(=O)n3C)cc1. The van der Waals surface area contributed by atoms with Gasteiger partial charge in [0.2, 0.25) is 0 Å². The van der Waals surface area contributed by atoms with E-state index in [4.69, 9.17) is 9.15 Å². The van der Waals surface area contributed by atoms with Crippen molar-refractivity contribution in [2.45, 2.75) is 11.8 Å². The first-order chi connectivity index (χ1) is 11.4. The fourth-order valence-corrected chi connectivity index (χ4v) is 3.34. The molecule has 0 atom stereocenters. The summed E-state index contributed by atoms with van der Waals surface area (Å²) < 4.78 is 39.0. The number of benzene rings is 2. The van der Waals surface area contributed by atoms with Crippen molar-refractivity contribution >= 4 is 26.8 Å². The minimum absolute atomic E-state index is 0.112. The van der Waals surface area contributed by atoms with Gasteiger partial charge in [0, 0.05) is 13.1 Å². The van der Waals surface area contributed by atoms with E-state index in [9.17, 15) is 13.2 Å². The van der Waals surface area contributed by atoms with Crippen LogP contribution in [0.3, 0.4) is 0 Å². The van der Waals surface area contributed by atoms with Gasteiger partial charge in [-0.3, -0.25) is 9.29 Å². The van der Waals surface area contributed by atoms with Gasteiger partial charge in [-0.25, -0.2) is 13.2 Å². The molecule has 1 aromatic heterocycles. The number of aryl methyl sites for hydroxylation is 1. The largest absolute Gasteiger partial charge is 0.494 e. The van der Waals surface area contributed by atoms with E-state index in [1.54, 1.807) is 31.3 Å². The van der Waals surface area contributed by atoms with Gasteiger partial charge < -0.3 is 9.15 Å². The van der Waals surface area contributed by atoms with Crippen LogP contribution in [-0.4, -0.2) is 19.6 Å². The van der Waals surface area contributed by atoms with Gasteiger partial charge in [0.05, 0.1) is 22.7 Å². The lowest BCUT2D eigenvalue weighted by Crippen LogP contribution is -2.12. The minimum atomic E-state index is -3.75. The Morgan fingerprint density at radius 2 is 1.88 bits per heavy atom. The molecule has 1 N–H and O–H groups in total. The van der Waals surface area contributed by atoms with Crippen molar-refractivity contribution in [3.05, 3.63) is 53.0 Å². The average Bonchev–Trinajstić information content (AvgIpc) is 2.82. The molecule has 0 fully saturated rings. The molecule has 0 saturated carbocycles. The lowest BCUT2D eigenvalue weighted by molar-refractivity contribution is 0.340. The number of aromatic nitrogens is 1. The van der Waals surface area contributed by atoms with E-state index in [0.717, 1.165) is 0 Å². The van der Waals surface area contributed by atoms with Crippen LogP contribution < -0.4 is 15.2 Å². The molecule has 0 aliphatic heterocycles. The van der Waals surface area contributed by atoms with Crippen molar-refractivity contribution in [1.29, 1.82) is 0 Å². The second kappa shape index (κ2) is 6.04. The molecule has 1 heterocycles. The highest BCUT2D eigenvalue weighted by Gasteiger charge is 2.15. The summed E-state index contributed by atoms with van der Waals surface area (Å²) in [6.07, 6.45) is 0. The van der Waals surface area contributed by atoms with E-state index >= 15 is 0 Å². The number of nitrogens with zero attached hydrogens (tertiary/aromatic N) is 1. The second-order valence-electron chi connectivity index (χ2n) is 5.12. The van der Waals surface area contributed by atoms with Gasteiger partial charge in [0.1, 0.15) is 5.75 Å². The molecule has 0 aliphatic carbocycles. The Morgan fingerprint density at radius 1 is 1.17 bits per heavy atom. The number of anilines is 1. The Hall–Kier alpha value is -2.74. The number of sulfonamides is 1. The summed E-state index contributed by atoms with van der Waals surface area (Å²) in [6, 6.07) is 10.8. The smallest absolute Gasteiger partial charge is 0.419 e. The molecule has 0 bridgehead atoms. The summed E-state index contributed by atoms with van der Waals surface area (Å²) in [4.78, 5) is 11.6. The topological polar surface area (TPSA) is 90.5 Å². The highest BCUT2D eigenvalue weighted by molar-refractivity contribution is 7.92. The van der Waals surface area contributed by atoms with Crippen LogP contribution in [0, 0.1) is 0 Å². The summed E-state index contributed by atoms with van der Waals surface area (Å²) in [5.41, 5.74) is 1.21. The number of hydrogen-bond donors (Lipinski definition) is 1. The van der Waals surface area contributed by atoms with Gasteiger partial charge >= 0.3 is 5.76 Å². The molecule has 24 heavy (non-hydrogen) atoms. The third-order valence-corrected chi connectivity index (χ3v) is 4.89. The van der Waals surface area contributed by atoms with Crippen molar-refractivity contribution in [3.8, 4) is 5.75 Å². The van der Waals surface area contributed by atoms with Crippen LogP contribution in [0.4, 0.5) is 5.69 Å². The number of ether oxygens (including phenoxy) is 1. The minimum Gasteiger partial charge on any atom is -0.494 e. The van der Waals surface area contributed by atoms with Crippen LogP contribution in [0.2, 0.25) is 0 Å². The van der Waals surface area contributed by atoms with Gasteiger partial charge in [-0.2, -0.15) is 0 Å². The lowest BCUT2D eigenvalue weighted by atomic mass is 10.3. The molecule has 3 rings (SSSR count). The number of oxazole rings is 1. The van der Waals surface area contributed by atoms with Gasteiger partial charge in [-0.1, -0.05) is 0 Å². The van der Waals surface area contributed by atoms with Crippen molar-refractivity contribution in [2.75, 3.05) is 11.3 Å². The monoisotopic (exact) mass is 348 g/mol. The molecule has 0 aliphatic rings. The predicted molar refractivity (Wildman–Crippen MR) is 89.9 cm³/mol. The van der Waals surface area contributed by atoms with Crippen molar-refractivity contribution in [3.63, 3.8) is 0 Å². The normalized spacial score (nSPS) is 11.6. The molecule has 0 spiro atoms. The Kier molecular flexibility index (Phi) is 4.06. The molecule has 3 aromatic rings. The number of fused-ring (bicyclic) bond motifs is 1. The maximum Gasteiger partial charge on any atom is 0.419 e. The molecule has 7 nitrogen and oxygen atoms in total. The van der Waals surface area contributed by atoms with Gasteiger partial charge in [-0.05, 0) is 43.3 Å². The first-order valence-electron chi connectivity index (χ1n) is 7.26. The molecule has 0 saturated heterocycles. The Balaban J connectivity index is 1.89. The average molecular weight is 348 g/mol. The molecule has 8 heteroatoms. The number of rotatable bonds is 5. The van der Waals surface area contributed by atoms with Crippen molar-refractivity contribution < 1.29 is 17.6 Å². The molecular weight excluding hydrogens is 332 g/mol. The molecule has 0 unspecified atom stereocenters. The second-order valence-corrected chi connectivity index (χ2v) is 6.80. The van der Waals surface area contributed by atoms with Crippen LogP contribution in [0.15, 0.2) is 56.6 Å². The summed E-state index contributed by atoms with van der Waals surface area (Å²) in [7, 11) is -2.17. The summed E-state index contributed by atoms with van der Waals surface area (Å²) in [6.45, 7) is 2.36.